The molecule has 1 fully saturated rings. The van der Waals surface area contributed by atoms with Crippen LogP contribution >= 0.6 is 0 Å². The Morgan fingerprint density at radius 2 is 1.76 bits per heavy atom. The zero-order valence-corrected chi connectivity index (χ0v) is 18.8. The fraction of sp³-hybridized carbons (Fsp3) is 0.269. The van der Waals surface area contributed by atoms with Crippen molar-refractivity contribution in [2.75, 3.05) is 17.4 Å². The quantitative estimate of drug-likeness (QED) is 0.579. The van der Waals surface area contributed by atoms with Gasteiger partial charge in [-0.1, -0.05) is 12.1 Å². The van der Waals surface area contributed by atoms with E-state index in [1.807, 2.05) is 56.3 Å². The van der Waals surface area contributed by atoms with Gasteiger partial charge >= 0.3 is 0 Å². The lowest BCUT2D eigenvalue weighted by atomic mass is 9.94. The predicted molar refractivity (Wildman–Crippen MR) is 128 cm³/mol. The average Bonchev–Trinajstić information content (AvgIpc) is 3.47. The van der Waals surface area contributed by atoms with E-state index in [9.17, 15) is 9.59 Å². The van der Waals surface area contributed by atoms with Crippen LogP contribution in [0.25, 0.3) is 11.1 Å². The molecular weight excluding hydrogens is 418 g/mol. The molecule has 1 saturated carbocycles. The second kappa shape index (κ2) is 7.92. The highest BCUT2D eigenvalue weighted by molar-refractivity contribution is 6.02. The third-order valence-corrected chi connectivity index (χ3v) is 6.29. The van der Waals surface area contributed by atoms with E-state index in [0.29, 0.717) is 17.3 Å². The standard InChI is InChI=1S/C26H25N3O4.H2/c1-15-4-6-20(12-21(15)18-10-16(2)24(27-13-18)28-17(3)30)29-25(31)26(8-9-26)19-5-7-22-23(11-19)33-14-32-22;/h4-7,10-13H,8-9,14H2,1-3H3,(H,29,31)(H,27,28,30);1H. The largest absolute Gasteiger partial charge is 0.454 e. The van der Waals surface area contributed by atoms with Gasteiger partial charge in [-0.3, -0.25) is 9.59 Å². The molecule has 7 heteroatoms. The fourth-order valence-corrected chi connectivity index (χ4v) is 4.25. The molecule has 0 saturated heterocycles. The van der Waals surface area contributed by atoms with Gasteiger partial charge in [-0.25, -0.2) is 4.98 Å². The number of ether oxygens (including phenoxy) is 2. The smallest absolute Gasteiger partial charge is 0.235 e. The van der Waals surface area contributed by atoms with Crippen molar-refractivity contribution in [1.29, 1.82) is 0 Å². The number of carbonyl (C=O) groups is 2. The van der Waals surface area contributed by atoms with E-state index >= 15 is 0 Å². The summed E-state index contributed by atoms with van der Waals surface area (Å²) in [6.45, 7) is 5.60. The number of aromatic nitrogens is 1. The number of nitrogens with one attached hydrogen (secondary N) is 2. The van der Waals surface area contributed by atoms with Gasteiger partial charge in [0.25, 0.3) is 0 Å². The predicted octanol–water partition coefficient (Wildman–Crippen LogP) is 4.97. The van der Waals surface area contributed by atoms with Crippen LogP contribution in [-0.4, -0.2) is 23.6 Å². The highest BCUT2D eigenvalue weighted by Gasteiger charge is 2.51. The molecule has 0 unspecified atom stereocenters. The van der Waals surface area contributed by atoms with Gasteiger partial charge in [0.15, 0.2) is 11.5 Å². The van der Waals surface area contributed by atoms with Gasteiger partial charge in [-0.05, 0) is 79.3 Å². The first-order chi connectivity index (χ1) is 15.9. The van der Waals surface area contributed by atoms with Crippen LogP contribution < -0.4 is 20.1 Å². The normalized spacial score (nSPS) is 15.1. The van der Waals surface area contributed by atoms with E-state index in [1.54, 1.807) is 6.20 Å². The van der Waals surface area contributed by atoms with Crippen molar-refractivity contribution in [2.24, 2.45) is 0 Å². The number of nitrogens with zero attached hydrogens (tertiary/aromatic N) is 1. The summed E-state index contributed by atoms with van der Waals surface area (Å²) < 4.78 is 10.9. The number of rotatable bonds is 5. The van der Waals surface area contributed by atoms with Crippen LogP contribution in [0, 0.1) is 13.8 Å². The van der Waals surface area contributed by atoms with Crippen LogP contribution in [0.1, 0.15) is 37.9 Å². The Kier molecular flexibility index (Phi) is 5.04. The monoisotopic (exact) mass is 445 g/mol. The number of benzene rings is 2. The Hall–Kier alpha value is -3.87. The molecule has 2 amide bonds. The molecule has 2 heterocycles. The summed E-state index contributed by atoms with van der Waals surface area (Å²) >= 11 is 0. The number of fused-ring (bicyclic) bond motifs is 1. The van der Waals surface area contributed by atoms with Crippen LogP contribution in [-0.2, 0) is 15.0 Å². The lowest BCUT2D eigenvalue weighted by molar-refractivity contribution is -0.118. The molecule has 170 valence electrons. The molecule has 2 aliphatic rings. The Morgan fingerprint density at radius 3 is 2.48 bits per heavy atom. The van der Waals surface area contributed by atoms with Gasteiger partial charge in [0.05, 0.1) is 5.41 Å². The van der Waals surface area contributed by atoms with Gasteiger partial charge in [-0.15, -0.1) is 0 Å². The Bertz CT molecular complexity index is 1290. The molecule has 0 bridgehead atoms. The number of amides is 2. The van der Waals surface area contributed by atoms with Crippen LogP contribution in [0.2, 0.25) is 0 Å². The molecule has 0 atom stereocenters. The van der Waals surface area contributed by atoms with Crippen molar-refractivity contribution in [1.82, 2.24) is 4.98 Å². The molecule has 33 heavy (non-hydrogen) atoms. The van der Waals surface area contributed by atoms with Crippen LogP contribution in [0.4, 0.5) is 11.5 Å². The van der Waals surface area contributed by atoms with E-state index in [2.05, 4.69) is 15.6 Å². The Labute approximate surface area is 193 Å². The van der Waals surface area contributed by atoms with Gasteiger partial charge in [0, 0.05) is 25.8 Å². The van der Waals surface area contributed by atoms with Gasteiger partial charge in [-0.2, -0.15) is 0 Å². The van der Waals surface area contributed by atoms with E-state index < -0.39 is 5.41 Å². The minimum absolute atomic E-state index is 0. The number of pyridine rings is 1. The molecular formula is C26H27N3O4. The minimum atomic E-state index is -0.538. The van der Waals surface area contributed by atoms with Crippen molar-refractivity contribution in [3.8, 4) is 22.6 Å². The number of carbonyl (C=O) groups excluding carboxylic acids is 2. The third-order valence-electron chi connectivity index (χ3n) is 6.29. The molecule has 0 spiro atoms. The number of aryl methyl sites for hydroxylation is 2. The lowest BCUT2D eigenvalue weighted by Crippen LogP contribution is -2.27. The summed E-state index contributed by atoms with van der Waals surface area (Å²) in [6, 6.07) is 13.6. The first-order valence-corrected chi connectivity index (χ1v) is 10.9. The van der Waals surface area contributed by atoms with E-state index in [4.69, 9.17) is 9.47 Å². The van der Waals surface area contributed by atoms with Crippen molar-refractivity contribution in [2.45, 2.75) is 39.0 Å². The Morgan fingerprint density at radius 1 is 0.970 bits per heavy atom. The molecule has 5 rings (SSSR count). The summed E-state index contributed by atoms with van der Waals surface area (Å²) in [5.74, 6) is 1.77. The number of anilines is 2. The zero-order valence-electron chi connectivity index (χ0n) is 18.8. The molecule has 1 aromatic heterocycles. The highest BCUT2D eigenvalue weighted by atomic mass is 16.7. The van der Waals surface area contributed by atoms with Crippen molar-refractivity contribution in [3.63, 3.8) is 0 Å². The fourth-order valence-electron chi connectivity index (χ4n) is 4.25. The van der Waals surface area contributed by atoms with Crippen LogP contribution in [0.15, 0.2) is 48.7 Å². The topological polar surface area (TPSA) is 89.6 Å². The van der Waals surface area contributed by atoms with Gasteiger partial charge < -0.3 is 20.1 Å². The maximum absolute atomic E-state index is 13.3. The van der Waals surface area contributed by atoms with E-state index in [1.165, 1.54) is 6.92 Å². The second-order valence-corrected chi connectivity index (χ2v) is 8.70. The highest BCUT2D eigenvalue weighted by Crippen LogP contribution is 2.51. The molecule has 2 N–H and O–H groups in total. The van der Waals surface area contributed by atoms with Crippen LogP contribution in [0.5, 0.6) is 11.5 Å². The zero-order chi connectivity index (χ0) is 23.2. The summed E-state index contributed by atoms with van der Waals surface area (Å²) in [5.41, 5.74) is 4.98. The Balaban J connectivity index is 0.00000274. The van der Waals surface area contributed by atoms with Crippen LogP contribution in [0.3, 0.4) is 0 Å². The summed E-state index contributed by atoms with van der Waals surface area (Å²) in [7, 11) is 0. The summed E-state index contributed by atoms with van der Waals surface area (Å²) in [6.07, 6.45) is 3.33. The average molecular weight is 446 g/mol. The maximum atomic E-state index is 13.3. The van der Waals surface area contributed by atoms with Gasteiger partial charge in [0.1, 0.15) is 5.82 Å². The third kappa shape index (κ3) is 3.91. The molecule has 1 aliphatic carbocycles. The van der Waals surface area contributed by atoms with Crippen molar-refractivity contribution >= 4 is 23.3 Å². The molecule has 3 aromatic rings. The molecule has 7 nitrogen and oxygen atoms in total. The lowest BCUT2D eigenvalue weighted by Gasteiger charge is -2.17. The molecule has 1 aliphatic heterocycles. The summed E-state index contributed by atoms with van der Waals surface area (Å²) in [5, 5.41) is 5.85. The van der Waals surface area contributed by atoms with E-state index in [-0.39, 0.29) is 20.0 Å². The minimum Gasteiger partial charge on any atom is -0.454 e. The maximum Gasteiger partial charge on any atom is 0.235 e. The van der Waals surface area contributed by atoms with Crippen molar-refractivity contribution in [3.05, 3.63) is 65.4 Å². The van der Waals surface area contributed by atoms with Gasteiger partial charge in [0.2, 0.25) is 18.6 Å². The van der Waals surface area contributed by atoms with Crippen molar-refractivity contribution < 1.29 is 20.5 Å². The number of hydrogen-bond acceptors (Lipinski definition) is 5. The molecule has 0 radical (unpaired) electrons. The SMILES string of the molecule is CC(=O)Nc1ncc(-c2cc(NC(=O)C3(c4ccc5c(c4)OCO5)CC3)ccc2C)cc1C.[HH]. The van der Waals surface area contributed by atoms with E-state index in [0.717, 1.165) is 46.3 Å². The molecule has 2 aromatic carbocycles. The second-order valence-electron chi connectivity index (χ2n) is 8.70. The first kappa shape index (κ1) is 21.0. The first-order valence-electron chi connectivity index (χ1n) is 10.9. The number of hydrogen-bond donors (Lipinski definition) is 2. The summed E-state index contributed by atoms with van der Waals surface area (Å²) in [4.78, 5) is 29.1.